The number of ether oxygens (including phenoxy) is 1. The van der Waals surface area contributed by atoms with Crippen molar-refractivity contribution in [3.05, 3.63) is 0 Å². The second-order valence-corrected chi connectivity index (χ2v) is 7.95. The lowest BCUT2D eigenvalue weighted by atomic mass is 9.82. The zero-order valence-electron chi connectivity index (χ0n) is 14.1. The molecular formula is C17H34N2O. The van der Waals surface area contributed by atoms with Crippen molar-refractivity contribution in [1.82, 2.24) is 4.90 Å². The van der Waals surface area contributed by atoms with E-state index in [0.29, 0.717) is 5.92 Å². The number of hydrogen-bond acceptors (Lipinski definition) is 3. The van der Waals surface area contributed by atoms with Crippen molar-refractivity contribution in [2.45, 2.75) is 77.5 Å². The Balaban J connectivity index is 1.98. The highest BCUT2D eigenvalue weighted by molar-refractivity contribution is 5.04. The van der Waals surface area contributed by atoms with Gasteiger partial charge in [-0.2, -0.15) is 0 Å². The van der Waals surface area contributed by atoms with Crippen LogP contribution in [0.4, 0.5) is 0 Å². The van der Waals surface area contributed by atoms with Gasteiger partial charge < -0.3 is 15.4 Å². The van der Waals surface area contributed by atoms with Gasteiger partial charge in [0.2, 0.25) is 0 Å². The fourth-order valence-corrected chi connectivity index (χ4v) is 4.17. The van der Waals surface area contributed by atoms with Gasteiger partial charge in [0.05, 0.1) is 11.2 Å². The Labute approximate surface area is 125 Å². The fourth-order valence-electron chi connectivity index (χ4n) is 4.17. The number of hydrogen-bond donors (Lipinski definition) is 1. The van der Waals surface area contributed by atoms with E-state index in [1.54, 1.807) is 0 Å². The maximum absolute atomic E-state index is 6.49. The summed E-state index contributed by atoms with van der Waals surface area (Å²) in [5, 5.41) is 0. The van der Waals surface area contributed by atoms with E-state index in [-0.39, 0.29) is 17.2 Å². The number of nitrogens with zero attached hydrogens (tertiary/aromatic N) is 1. The topological polar surface area (TPSA) is 38.5 Å². The Hall–Kier alpha value is -0.120. The molecule has 2 heterocycles. The molecule has 118 valence electrons. The molecule has 0 saturated carbocycles. The van der Waals surface area contributed by atoms with Crippen molar-refractivity contribution in [3.8, 4) is 0 Å². The molecule has 2 rings (SSSR count). The van der Waals surface area contributed by atoms with Crippen LogP contribution in [0.2, 0.25) is 0 Å². The third kappa shape index (κ3) is 3.37. The smallest absolute Gasteiger partial charge is 0.0788 e. The maximum Gasteiger partial charge on any atom is 0.0788 e. The molecule has 2 aliphatic rings. The SMILES string of the molecule is CCC1CCCN(CC2C(N)C(C)(C)OC2(C)C)CC1. The highest BCUT2D eigenvalue weighted by atomic mass is 16.5. The van der Waals surface area contributed by atoms with E-state index in [0.717, 1.165) is 12.5 Å². The Kier molecular flexibility index (Phi) is 4.83. The lowest BCUT2D eigenvalue weighted by molar-refractivity contribution is -0.0784. The predicted octanol–water partition coefficient (Wildman–Crippen LogP) is 3.03. The summed E-state index contributed by atoms with van der Waals surface area (Å²) in [4.78, 5) is 2.63. The normalized spacial score (nSPS) is 37.8. The third-order valence-corrected chi connectivity index (χ3v) is 5.63. The van der Waals surface area contributed by atoms with E-state index in [1.165, 1.54) is 38.8 Å². The van der Waals surface area contributed by atoms with Gasteiger partial charge >= 0.3 is 0 Å². The van der Waals surface area contributed by atoms with Crippen molar-refractivity contribution < 1.29 is 4.74 Å². The molecule has 0 bridgehead atoms. The standard InChI is InChI=1S/C17H34N2O/c1-6-13-8-7-10-19(11-9-13)12-14-15(18)17(4,5)20-16(14,2)3/h13-15H,6-12,18H2,1-5H3. The summed E-state index contributed by atoms with van der Waals surface area (Å²) in [6, 6.07) is 0.128. The summed E-state index contributed by atoms with van der Waals surface area (Å²) in [6.45, 7) is 14.6. The summed E-state index contributed by atoms with van der Waals surface area (Å²) < 4.78 is 6.22. The van der Waals surface area contributed by atoms with Crippen LogP contribution in [-0.4, -0.2) is 41.8 Å². The van der Waals surface area contributed by atoms with Crippen LogP contribution in [0.15, 0.2) is 0 Å². The van der Waals surface area contributed by atoms with Gasteiger partial charge in [-0.05, 0) is 66.0 Å². The van der Waals surface area contributed by atoms with Crippen LogP contribution >= 0.6 is 0 Å². The Morgan fingerprint density at radius 1 is 1.10 bits per heavy atom. The van der Waals surface area contributed by atoms with Gasteiger partial charge in [-0.15, -0.1) is 0 Å². The van der Waals surface area contributed by atoms with Gasteiger partial charge in [0, 0.05) is 18.5 Å². The van der Waals surface area contributed by atoms with Gasteiger partial charge in [-0.3, -0.25) is 0 Å². The molecule has 0 aromatic carbocycles. The quantitative estimate of drug-likeness (QED) is 0.864. The summed E-state index contributed by atoms with van der Waals surface area (Å²) >= 11 is 0. The second kappa shape index (κ2) is 5.94. The highest BCUT2D eigenvalue weighted by Crippen LogP contribution is 2.41. The molecule has 0 radical (unpaired) electrons. The van der Waals surface area contributed by atoms with Gasteiger partial charge in [-0.1, -0.05) is 13.3 Å². The van der Waals surface area contributed by atoms with Crippen molar-refractivity contribution in [3.63, 3.8) is 0 Å². The molecule has 0 amide bonds. The summed E-state index contributed by atoms with van der Waals surface area (Å²) in [7, 11) is 0. The first-order chi connectivity index (χ1) is 9.26. The van der Waals surface area contributed by atoms with Crippen molar-refractivity contribution in [1.29, 1.82) is 0 Å². The second-order valence-electron chi connectivity index (χ2n) is 7.95. The molecule has 0 aromatic heterocycles. The number of rotatable bonds is 3. The van der Waals surface area contributed by atoms with Crippen LogP contribution < -0.4 is 5.73 Å². The van der Waals surface area contributed by atoms with Crippen LogP contribution in [0.5, 0.6) is 0 Å². The molecule has 0 spiro atoms. The van der Waals surface area contributed by atoms with Crippen molar-refractivity contribution in [2.75, 3.05) is 19.6 Å². The van der Waals surface area contributed by atoms with Crippen LogP contribution in [0.25, 0.3) is 0 Å². The highest BCUT2D eigenvalue weighted by Gasteiger charge is 2.52. The van der Waals surface area contributed by atoms with E-state index < -0.39 is 0 Å². The van der Waals surface area contributed by atoms with Crippen LogP contribution in [0, 0.1) is 11.8 Å². The van der Waals surface area contributed by atoms with E-state index in [4.69, 9.17) is 10.5 Å². The first-order valence-corrected chi connectivity index (χ1v) is 8.44. The largest absolute Gasteiger partial charge is 0.368 e. The Morgan fingerprint density at radius 2 is 1.80 bits per heavy atom. The van der Waals surface area contributed by atoms with Crippen molar-refractivity contribution in [2.24, 2.45) is 17.6 Å². The van der Waals surface area contributed by atoms with E-state index in [2.05, 4.69) is 39.5 Å². The molecule has 20 heavy (non-hydrogen) atoms. The minimum atomic E-state index is -0.202. The molecule has 3 nitrogen and oxygen atoms in total. The fraction of sp³-hybridized carbons (Fsp3) is 1.00. The van der Waals surface area contributed by atoms with E-state index >= 15 is 0 Å². The zero-order chi connectivity index (χ0) is 15.0. The van der Waals surface area contributed by atoms with E-state index in [1.807, 2.05) is 0 Å². The predicted molar refractivity (Wildman–Crippen MR) is 84.8 cm³/mol. The summed E-state index contributed by atoms with van der Waals surface area (Å²) in [6.07, 6.45) is 5.42. The first-order valence-electron chi connectivity index (χ1n) is 8.44. The average Bonchev–Trinajstić information content (AvgIpc) is 2.54. The van der Waals surface area contributed by atoms with Crippen LogP contribution in [0.1, 0.15) is 60.3 Å². The average molecular weight is 282 g/mol. The first kappa shape index (κ1) is 16.3. The number of likely N-dealkylation sites (tertiary alicyclic amines) is 1. The molecule has 2 N–H and O–H groups in total. The molecule has 0 aromatic rings. The molecule has 3 unspecified atom stereocenters. The lowest BCUT2D eigenvalue weighted by Crippen LogP contribution is -2.48. The number of nitrogens with two attached hydrogens (primary N) is 1. The Bertz CT molecular complexity index is 327. The zero-order valence-corrected chi connectivity index (χ0v) is 14.1. The minimum absolute atomic E-state index is 0.112. The molecule has 0 aliphatic carbocycles. The van der Waals surface area contributed by atoms with Crippen LogP contribution in [-0.2, 0) is 4.74 Å². The minimum Gasteiger partial charge on any atom is -0.368 e. The van der Waals surface area contributed by atoms with Crippen LogP contribution in [0.3, 0.4) is 0 Å². The molecule has 3 heteroatoms. The maximum atomic E-state index is 6.49. The summed E-state index contributed by atoms with van der Waals surface area (Å²) in [5.74, 6) is 1.36. The molecule has 2 aliphatic heterocycles. The molecular weight excluding hydrogens is 248 g/mol. The third-order valence-electron chi connectivity index (χ3n) is 5.63. The molecule has 2 saturated heterocycles. The monoisotopic (exact) mass is 282 g/mol. The Morgan fingerprint density at radius 3 is 2.35 bits per heavy atom. The molecule has 2 fully saturated rings. The summed E-state index contributed by atoms with van der Waals surface area (Å²) in [5.41, 5.74) is 6.18. The van der Waals surface area contributed by atoms with Gasteiger partial charge in [-0.25, -0.2) is 0 Å². The lowest BCUT2D eigenvalue weighted by Gasteiger charge is -2.32. The van der Waals surface area contributed by atoms with Gasteiger partial charge in [0.15, 0.2) is 0 Å². The molecule has 3 atom stereocenters. The van der Waals surface area contributed by atoms with Gasteiger partial charge in [0.25, 0.3) is 0 Å². The van der Waals surface area contributed by atoms with Gasteiger partial charge in [0.1, 0.15) is 0 Å². The van der Waals surface area contributed by atoms with E-state index in [9.17, 15) is 0 Å². The van der Waals surface area contributed by atoms with Crippen molar-refractivity contribution >= 4 is 0 Å².